The van der Waals surface area contributed by atoms with Crippen molar-refractivity contribution in [1.29, 1.82) is 0 Å². The zero-order chi connectivity index (χ0) is 17.2. The monoisotopic (exact) mass is 351 g/mol. The molecule has 2 aliphatic heterocycles. The first-order valence-electron chi connectivity index (χ1n) is 8.54. The highest BCUT2D eigenvalue weighted by molar-refractivity contribution is 7.89. The molecule has 2 bridgehead atoms. The van der Waals surface area contributed by atoms with Gasteiger partial charge >= 0.3 is 0 Å². The molecule has 1 amide bonds. The molecule has 0 aromatic heterocycles. The maximum Gasteiger partial charge on any atom is 0.240 e. The molecule has 2 heterocycles. The molecule has 2 atom stereocenters. The summed E-state index contributed by atoms with van der Waals surface area (Å²) in [5.41, 5.74) is 0.980. The van der Waals surface area contributed by atoms with Crippen molar-refractivity contribution >= 4 is 15.9 Å². The molecule has 24 heavy (non-hydrogen) atoms. The number of carbonyl (C=O) groups is 1. The average Bonchev–Trinajstić information content (AvgIpc) is 2.92. The first-order valence-corrected chi connectivity index (χ1v) is 10.0. The summed E-state index contributed by atoms with van der Waals surface area (Å²) in [6.45, 7) is 1.65. The molecule has 2 fully saturated rings. The zero-order valence-electron chi connectivity index (χ0n) is 14.0. The van der Waals surface area contributed by atoms with E-state index in [9.17, 15) is 13.2 Å². The maximum atomic E-state index is 12.5. The number of nitrogens with zero attached hydrogens (tertiary/aromatic N) is 1. The Morgan fingerprint density at radius 2 is 1.92 bits per heavy atom. The summed E-state index contributed by atoms with van der Waals surface area (Å²) in [6.07, 6.45) is 4.54. The summed E-state index contributed by atoms with van der Waals surface area (Å²) < 4.78 is 25.7. The van der Waals surface area contributed by atoms with E-state index in [0.29, 0.717) is 24.9 Å². The molecule has 0 radical (unpaired) electrons. The molecule has 0 saturated carbocycles. The van der Waals surface area contributed by atoms with Gasteiger partial charge in [-0.05, 0) is 50.4 Å². The van der Waals surface area contributed by atoms with Gasteiger partial charge in [-0.15, -0.1) is 0 Å². The predicted octanol–water partition coefficient (Wildman–Crippen LogP) is 0.880. The van der Waals surface area contributed by atoms with Crippen molar-refractivity contribution in [2.45, 2.75) is 49.1 Å². The number of nitrogens with one attached hydrogen (secondary N) is 2. The molecule has 2 saturated heterocycles. The molecule has 1 aromatic rings. The largest absolute Gasteiger partial charge is 0.341 e. The van der Waals surface area contributed by atoms with Crippen molar-refractivity contribution in [2.24, 2.45) is 0 Å². The van der Waals surface area contributed by atoms with Crippen LogP contribution in [0.5, 0.6) is 0 Å². The van der Waals surface area contributed by atoms with E-state index >= 15 is 0 Å². The van der Waals surface area contributed by atoms with Gasteiger partial charge in [0.1, 0.15) is 0 Å². The summed E-state index contributed by atoms with van der Waals surface area (Å²) in [4.78, 5) is 14.7. The summed E-state index contributed by atoms with van der Waals surface area (Å²) in [5, 5.41) is 3.58. The van der Waals surface area contributed by atoms with Crippen molar-refractivity contribution in [3.05, 3.63) is 29.8 Å². The minimum Gasteiger partial charge on any atom is -0.341 e. The van der Waals surface area contributed by atoms with E-state index in [4.69, 9.17) is 0 Å². The normalized spacial score (nSPS) is 24.0. The van der Waals surface area contributed by atoms with Gasteiger partial charge in [-0.3, -0.25) is 4.79 Å². The van der Waals surface area contributed by atoms with Crippen LogP contribution in [0.15, 0.2) is 29.2 Å². The van der Waals surface area contributed by atoms with Crippen LogP contribution >= 0.6 is 0 Å². The molecular weight excluding hydrogens is 326 g/mol. The summed E-state index contributed by atoms with van der Waals surface area (Å²) in [7, 11) is -2.01. The Morgan fingerprint density at radius 1 is 1.21 bits per heavy atom. The topological polar surface area (TPSA) is 78.5 Å². The first-order chi connectivity index (χ1) is 11.5. The van der Waals surface area contributed by atoms with Gasteiger partial charge in [0.05, 0.1) is 4.90 Å². The summed E-state index contributed by atoms with van der Waals surface area (Å²) >= 11 is 0. The van der Waals surface area contributed by atoms with Crippen molar-refractivity contribution in [2.75, 3.05) is 20.1 Å². The molecule has 7 heteroatoms. The second-order valence-electron chi connectivity index (χ2n) is 6.62. The van der Waals surface area contributed by atoms with Gasteiger partial charge in [0, 0.05) is 31.6 Å². The highest BCUT2D eigenvalue weighted by Gasteiger charge is 2.30. The maximum absolute atomic E-state index is 12.5. The molecule has 1 aromatic carbocycles. The standard InChI is InChI=1S/C17H25N3O3S/c1-18-24(22,23)16-7-2-13(3-8-16)4-9-17(21)20-11-10-14-5-6-15(12-20)19-14/h2-3,7-8,14-15,18-19H,4-6,9-12H2,1H3/t14-,15+/m0/s1. The summed E-state index contributed by atoms with van der Waals surface area (Å²) in [5.74, 6) is 0.191. The molecule has 3 rings (SSSR count). The number of likely N-dealkylation sites (tertiary alicyclic amines) is 1. The Labute approximate surface area is 143 Å². The van der Waals surface area contributed by atoms with Crippen molar-refractivity contribution in [1.82, 2.24) is 14.9 Å². The second kappa shape index (κ2) is 7.21. The van der Waals surface area contributed by atoms with Gasteiger partial charge in [0.2, 0.25) is 15.9 Å². The van der Waals surface area contributed by atoms with Gasteiger partial charge < -0.3 is 10.2 Å². The number of aryl methyl sites for hydroxylation is 1. The number of sulfonamides is 1. The van der Waals surface area contributed by atoms with Gasteiger partial charge in [-0.25, -0.2) is 13.1 Å². The van der Waals surface area contributed by atoms with Crippen LogP contribution in [0.25, 0.3) is 0 Å². The number of amides is 1. The molecule has 2 N–H and O–H groups in total. The quantitative estimate of drug-likeness (QED) is 0.825. The lowest BCUT2D eigenvalue weighted by Gasteiger charge is -2.24. The highest BCUT2D eigenvalue weighted by atomic mass is 32.2. The number of fused-ring (bicyclic) bond motifs is 2. The third-order valence-electron chi connectivity index (χ3n) is 5.01. The lowest BCUT2D eigenvalue weighted by Crippen LogP contribution is -2.39. The minimum atomic E-state index is -3.40. The van der Waals surface area contributed by atoms with E-state index < -0.39 is 10.0 Å². The van der Waals surface area contributed by atoms with Crippen LogP contribution in [0.4, 0.5) is 0 Å². The van der Waals surface area contributed by atoms with E-state index in [-0.39, 0.29) is 10.8 Å². The fraction of sp³-hybridized carbons (Fsp3) is 0.588. The average molecular weight is 351 g/mol. The van der Waals surface area contributed by atoms with Crippen molar-refractivity contribution in [3.63, 3.8) is 0 Å². The van der Waals surface area contributed by atoms with Crippen molar-refractivity contribution < 1.29 is 13.2 Å². The number of carbonyl (C=O) groups excluding carboxylic acids is 1. The van der Waals surface area contributed by atoms with Crippen LogP contribution in [-0.2, 0) is 21.2 Å². The smallest absolute Gasteiger partial charge is 0.240 e. The lowest BCUT2D eigenvalue weighted by atomic mass is 10.1. The lowest BCUT2D eigenvalue weighted by molar-refractivity contribution is -0.131. The third kappa shape index (κ3) is 3.96. The van der Waals surface area contributed by atoms with Crippen molar-refractivity contribution in [3.8, 4) is 0 Å². The Kier molecular flexibility index (Phi) is 5.22. The first kappa shape index (κ1) is 17.4. The van der Waals surface area contributed by atoms with Gasteiger partial charge in [0.15, 0.2) is 0 Å². The van der Waals surface area contributed by atoms with E-state index in [0.717, 1.165) is 31.5 Å². The summed E-state index contributed by atoms with van der Waals surface area (Å²) in [6, 6.07) is 7.76. The van der Waals surface area contributed by atoms with Crippen LogP contribution in [0, 0.1) is 0 Å². The Morgan fingerprint density at radius 3 is 2.62 bits per heavy atom. The number of benzene rings is 1. The number of rotatable bonds is 5. The SMILES string of the molecule is CNS(=O)(=O)c1ccc(CCC(=O)N2CC[C@@H]3CC[C@H](C2)N3)cc1. The van der Waals surface area contributed by atoms with E-state index in [1.807, 2.05) is 4.90 Å². The Hall–Kier alpha value is -1.44. The van der Waals surface area contributed by atoms with Crippen LogP contribution < -0.4 is 10.0 Å². The van der Waals surface area contributed by atoms with E-state index in [1.165, 1.54) is 13.5 Å². The molecule has 132 valence electrons. The van der Waals surface area contributed by atoms with E-state index in [1.54, 1.807) is 24.3 Å². The fourth-order valence-electron chi connectivity index (χ4n) is 3.53. The predicted molar refractivity (Wildman–Crippen MR) is 92.2 cm³/mol. The van der Waals surface area contributed by atoms with Crippen LogP contribution in [0.1, 0.15) is 31.2 Å². The van der Waals surface area contributed by atoms with Gasteiger partial charge in [0.25, 0.3) is 0 Å². The van der Waals surface area contributed by atoms with Gasteiger partial charge in [-0.2, -0.15) is 0 Å². The molecule has 6 nitrogen and oxygen atoms in total. The second-order valence-corrected chi connectivity index (χ2v) is 8.50. The molecular formula is C17H25N3O3S. The molecule has 0 unspecified atom stereocenters. The van der Waals surface area contributed by atoms with E-state index in [2.05, 4.69) is 10.0 Å². The molecule has 0 aliphatic carbocycles. The Bertz CT molecular complexity index is 688. The minimum absolute atomic E-state index is 0.191. The zero-order valence-corrected chi connectivity index (χ0v) is 14.8. The molecule has 0 spiro atoms. The Balaban J connectivity index is 1.54. The van der Waals surface area contributed by atoms with Gasteiger partial charge in [-0.1, -0.05) is 12.1 Å². The molecule has 2 aliphatic rings. The van der Waals surface area contributed by atoms with Crippen LogP contribution in [-0.4, -0.2) is 51.4 Å². The third-order valence-corrected chi connectivity index (χ3v) is 6.44. The highest BCUT2D eigenvalue weighted by Crippen LogP contribution is 2.21. The number of hydrogen-bond donors (Lipinski definition) is 2. The van der Waals surface area contributed by atoms with Crippen LogP contribution in [0.2, 0.25) is 0 Å². The van der Waals surface area contributed by atoms with Crippen LogP contribution in [0.3, 0.4) is 0 Å². The number of hydrogen-bond acceptors (Lipinski definition) is 4. The fourth-order valence-corrected chi connectivity index (χ4v) is 4.26.